The van der Waals surface area contributed by atoms with Crippen LogP contribution in [0.2, 0.25) is 5.02 Å². The minimum atomic E-state index is 0.753. The van der Waals surface area contributed by atoms with E-state index >= 15 is 0 Å². The Hall–Kier alpha value is -0.340. The van der Waals surface area contributed by atoms with Crippen molar-refractivity contribution in [2.75, 3.05) is 12.9 Å². The second-order valence-corrected chi connectivity index (χ2v) is 3.25. The molecule has 1 aromatic carbocycles. The molecule has 0 atom stereocenters. The fraction of sp³-hybridized carbons (Fsp3) is 0.333. The van der Waals surface area contributed by atoms with E-state index in [9.17, 15) is 0 Å². The maximum atomic E-state index is 5.97. The third-order valence-electron chi connectivity index (χ3n) is 1.66. The molecule has 1 nitrogen and oxygen atoms in total. The average Bonchev–Trinajstić information content (AvgIpc) is 2.09. The zero-order chi connectivity index (χ0) is 8.97. The molecular weight excluding hydrogens is 192 g/mol. The zero-order valence-corrected chi connectivity index (χ0v) is 8.53. The molecule has 0 N–H and O–H groups in total. The summed E-state index contributed by atoms with van der Waals surface area (Å²) in [6, 6.07) is 5.65. The molecule has 0 spiro atoms. The lowest BCUT2D eigenvalue weighted by Gasteiger charge is -2.08. The van der Waals surface area contributed by atoms with Gasteiger partial charge in [0, 0.05) is 10.6 Å². The third kappa shape index (κ3) is 2.08. The van der Waals surface area contributed by atoms with Crippen molar-refractivity contribution in [1.29, 1.82) is 0 Å². The molecule has 0 fully saturated rings. The van der Waals surface area contributed by atoms with Crippen molar-refractivity contribution in [3.8, 4) is 5.75 Å². The number of thiol groups is 1. The molecule has 0 aliphatic heterocycles. The maximum absolute atomic E-state index is 5.97. The molecular formula is C9H11ClOS. The molecule has 0 unspecified atom stereocenters. The Morgan fingerprint density at radius 1 is 1.50 bits per heavy atom. The number of ether oxygens (including phenoxy) is 1. The summed E-state index contributed by atoms with van der Waals surface area (Å²) in [6.07, 6.45) is 0.839. The van der Waals surface area contributed by atoms with Gasteiger partial charge in [0.05, 0.1) is 7.11 Å². The summed E-state index contributed by atoms with van der Waals surface area (Å²) in [5.41, 5.74) is 1.04. The number of halogens is 1. The van der Waals surface area contributed by atoms with Crippen molar-refractivity contribution in [1.82, 2.24) is 0 Å². The van der Waals surface area contributed by atoms with Crippen LogP contribution in [-0.2, 0) is 6.42 Å². The first-order valence-electron chi connectivity index (χ1n) is 3.72. The summed E-state index contributed by atoms with van der Waals surface area (Å²) in [6.45, 7) is 0. The van der Waals surface area contributed by atoms with Crippen molar-refractivity contribution in [2.45, 2.75) is 6.42 Å². The standard InChI is InChI=1S/C9H11ClOS/c1-11-9-4-2-3-8(10)7(9)5-6-12/h2-4,12H,5-6H2,1H3. The van der Waals surface area contributed by atoms with Gasteiger partial charge in [0.15, 0.2) is 0 Å². The molecule has 0 amide bonds. The van der Waals surface area contributed by atoms with Gasteiger partial charge in [0.1, 0.15) is 5.75 Å². The summed E-state index contributed by atoms with van der Waals surface area (Å²) >= 11 is 10.1. The molecule has 0 heterocycles. The minimum absolute atomic E-state index is 0.753. The topological polar surface area (TPSA) is 9.23 Å². The van der Waals surface area contributed by atoms with E-state index in [4.69, 9.17) is 16.3 Å². The zero-order valence-electron chi connectivity index (χ0n) is 6.88. The number of hydrogen-bond acceptors (Lipinski definition) is 2. The van der Waals surface area contributed by atoms with Crippen LogP contribution in [0.5, 0.6) is 5.75 Å². The lowest BCUT2D eigenvalue weighted by molar-refractivity contribution is 0.410. The van der Waals surface area contributed by atoms with Crippen LogP contribution in [0.25, 0.3) is 0 Å². The molecule has 0 aliphatic rings. The fourth-order valence-corrected chi connectivity index (χ4v) is 1.57. The van der Waals surface area contributed by atoms with E-state index in [0.29, 0.717) is 0 Å². The number of rotatable bonds is 3. The lowest BCUT2D eigenvalue weighted by atomic mass is 10.1. The maximum Gasteiger partial charge on any atom is 0.123 e. The Morgan fingerprint density at radius 2 is 2.25 bits per heavy atom. The first kappa shape index (κ1) is 9.75. The highest BCUT2D eigenvalue weighted by molar-refractivity contribution is 7.80. The van der Waals surface area contributed by atoms with Crippen LogP contribution in [0.15, 0.2) is 18.2 Å². The molecule has 0 bridgehead atoms. The van der Waals surface area contributed by atoms with Gasteiger partial charge in [-0.25, -0.2) is 0 Å². The minimum Gasteiger partial charge on any atom is -0.496 e. The normalized spacial score (nSPS) is 9.92. The summed E-state index contributed by atoms with van der Waals surface area (Å²) < 4.78 is 5.16. The van der Waals surface area contributed by atoms with Gasteiger partial charge >= 0.3 is 0 Å². The van der Waals surface area contributed by atoms with Gasteiger partial charge in [-0.1, -0.05) is 17.7 Å². The molecule has 3 heteroatoms. The van der Waals surface area contributed by atoms with E-state index in [-0.39, 0.29) is 0 Å². The van der Waals surface area contributed by atoms with E-state index in [1.165, 1.54) is 0 Å². The molecule has 1 rings (SSSR count). The van der Waals surface area contributed by atoms with Gasteiger partial charge in [-0.3, -0.25) is 0 Å². The van der Waals surface area contributed by atoms with Crippen LogP contribution < -0.4 is 4.74 Å². The predicted octanol–water partition coefficient (Wildman–Crippen LogP) is 2.82. The van der Waals surface area contributed by atoms with Gasteiger partial charge in [-0.15, -0.1) is 0 Å². The second-order valence-electron chi connectivity index (χ2n) is 2.39. The van der Waals surface area contributed by atoms with E-state index in [1.807, 2.05) is 18.2 Å². The molecule has 0 aromatic heterocycles. The number of benzene rings is 1. The highest BCUT2D eigenvalue weighted by atomic mass is 35.5. The van der Waals surface area contributed by atoms with E-state index in [1.54, 1.807) is 7.11 Å². The Balaban J connectivity index is 3.02. The molecule has 66 valence electrons. The first-order valence-corrected chi connectivity index (χ1v) is 4.73. The fourth-order valence-electron chi connectivity index (χ4n) is 1.08. The average molecular weight is 203 g/mol. The predicted molar refractivity (Wildman–Crippen MR) is 55.6 cm³/mol. The summed E-state index contributed by atoms with van der Waals surface area (Å²) in [5, 5.41) is 0.753. The van der Waals surface area contributed by atoms with Gasteiger partial charge < -0.3 is 4.74 Å². The molecule has 12 heavy (non-hydrogen) atoms. The van der Waals surface area contributed by atoms with E-state index < -0.39 is 0 Å². The Kier molecular flexibility index (Phi) is 3.76. The summed E-state index contributed by atoms with van der Waals surface area (Å²) in [4.78, 5) is 0. The van der Waals surface area contributed by atoms with Crippen molar-refractivity contribution >= 4 is 24.2 Å². The van der Waals surface area contributed by atoms with Crippen LogP contribution in [0, 0.1) is 0 Å². The molecule has 0 radical (unpaired) electrons. The Labute approximate surface area is 83.1 Å². The number of methoxy groups -OCH3 is 1. The highest BCUT2D eigenvalue weighted by Gasteiger charge is 2.05. The smallest absolute Gasteiger partial charge is 0.123 e. The van der Waals surface area contributed by atoms with Crippen LogP contribution >= 0.6 is 24.2 Å². The molecule has 0 saturated carbocycles. The van der Waals surface area contributed by atoms with Gasteiger partial charge in [-0.05, 0) is 24.3 Å². The van der Waals surface area contributed by atoms with E-state index in [0.717, 1.165) is 28.5 Å². The van der Waals surface area contributed by atoms with Crippen molar-refractivity contribution in [3.05, 3.63) is 28.8 Å². The molecule has 0 saturated heterocycles. The van der Waals surface area contributed by atoms with Crippen molar-refractivity contribution in [2.24, 2.45) is 0 Å². The summed E-state index contributed by atoms with van der Waals surface area (Å²) in [7, 11) is 1.65. The number of hydrogen-bond donors (Lipinski definition) is 1. The Bertz CT molecular complexity index is 263. The van der Waals surface area contributed by atoms with Gasteiger partial charge in [0.25, 0.3) is 0 Å². The largest absolute Gasteiger partial charge is 0.496 e. The van der Waals surface area contributed by atoms with Crippen molar-refractivity contribution in [3.63, 3.8) is 0 Å². The second kappa shape index (κ2) is 4.63. The third-order valence-corrected chi connectivity index (χ3v) is 2.24. The lowest BCUT2D eigenvalue weighted by Crippen LogP contribution is -1.93. The van der Waals surface area contributed by atoms with Gasteiger partial charge in [-0.2, -0.15) is 12.6 Å². The first-order chi connectivity index (χ1) is 5.79. The monoisotopic (exact) mass is 202 g/mol. The van der Waals surface area contributed by atoms with Crippen LogP contribution in [0.3, 0.4) is 0 Å². The SMILES string of the molecule is COc1cccc(Cl)c1CCS. The van der Waals surface area contributed by atoms with Crippen LogP contribution in [0.4, 0.5) is 0 Å². The quantitative estimate of drug-likeness (QED) is 0.742. The Morgan fingerprint density at radius 3 is 2.83 bits per heavy atom. The highest BCUT2D eigenvalue weighted by Crippen LogP contribution is 2.26. The summed E-state index contributed by atoms with van der Waals surface area (Å²) in [5.74, 6) is 1.62. The van der Waals surface area contributed by atoms with Gasteiger partial charge in [0.2, 0.25) is 0 Å². The van der Waals surface area contributed by atoms with Crippen LogP contribution in [-0.4, -0.2) is 12.9 Å². The van der Waals surface area contributed by atoms with Crippen molar-refractivity contribution < 1.29 is 4.74 Å². The molecule has 0 aliphatic carbocycles. The van der Waals surface area contributed by atoms with Crippen LogP contribution in [0.1, 0.15) is 5.56 Å². The molecule has 1 aromatic rings. The van der Waals surface area contributed by atoms with E-state index in [2.05, 4.69) is 12.6 Å².